The van der Waals surface area contributed by atoms with Crippen molar-refractivity contribution in [2.75, 3.05) is 5.43 Å². The van der Waals surface area contributed by atoms with Gasteiger partial charge in [0.15, 0.2) is 5.82 Å². The maximum absolute atomic E-state index is 12.9. The lowest BCUT2D eigenvalue weighted by Gasteiger charge is -2.22. The van der Waals surface area contributed by atoms with Crippen molar-refractivity contribution in [3.8, 4) is 17.1 Å². The maximum Gasteiger partial charge on any atom is 0.261 e. The number of likely N-dealkylation sites (tertiary alicyclic amines) is 1. The van der Waals surface area contributed by atoms with Gasteiger partial charge in [-0.25, -0.2) is 0 Å². The molecule has 172 valence electrons. The van der Waals surface area contributed by atoms with Crippen molar-refractivity contribution in [2.24, 2.45) is 11.8 Å². The van der Waals surface area contributed by atoms with E-state index in [4.69, 9.17) is 0 Å². The third kappa shape index (κ3) is 3.75. The third-order valence-electron chi connectivity index (χ3n) is 6.32. The van der Waals surface area contributed by atoms with E-state index in [0.29, 0.717) is 24.6 Å². The summed E-state index contributed by atoms with van der Waals surface area (Å²) in [6.07, 6.45) is 4.90. The van der Waals surface area contributed by atoms with Gasteiger partial charge in [0.2, 0.25) is 17.8 Å². The normalized spacial score (nSPS) is 20.2. The van der Waals surface area contributed by atoms with Gasteiger partial charge in [-0.15, -0.1) is 10.2 Å². The van der Waals surface area contributed by atoms with Gasteiger partial charge in [0.1, 0.15) is 6.04 Å². The van der Waals surface area contributed by atoms with E-state index in [1.54, 1.807) is 11.5 Å². The molecule has 1 aliphatic carbocycles. The van der Waals surface area contributed by atoms with Crippen LogP contribution in [-0.2, 0) is 14.4 Å². The molecular weight excluding hydrogens is 432 g/mol. The maximum atomic E-state index is 12.9. The number of carbonyl (C=O) groups is 3. The number of para-hydroxylation sites is 1. The van der Waals surface area contributed by atoms with E-state index >= 15 is 0 Å². The summed E-state index contributed by atoms with van der Waals surface area (Å²) in [5, 5.41) is 8.53. The largest absolute Gasteiger partial charge is 0.274 e. The number of rotatable bonds is 6. The number of allylic oxidation sites excluding steroid dienone is 2. The van der Waals surface area contributed by atoms with Gasteiger partial charge in [-0.2, -0.15) is 0 Å². The highest BCUT2D eigenvalue weighted by atomic mass is 16.2. The van der Waals surface area contributed by atoms with Crippen LogP contribution in [-0.4, -0.2) is 43.4 Å². The van der Waals surface area contributed by atoms with Gasteiger partial charge in [0, 0.05) is 5.56 Å². The first-order valence-corrected chi connectivity index (χ1v) is 11.2. The number of benzene rings is 2. The van der Waals surface area contributed by atoms with Crippen molar-refractivity contribution in [1.82, 2.24) is 25.1 Å². The van der Waals surface area contributed by atoms with Gasteiger partial charge < -0.3 is 0 Å². The van der Waals surface area contributed by atoms with Crippen molar-refractivity contribution in [1.29, 1.82) is 0 Å². The quantitative estimate of drug-likeness (QED) is 0.335. The molecule has 2 aliphatic rings. The first-order chi connectivity index (χ1) is 16.6. The molecule has 2 aromatic carbocycles. The Hall–Kier alpha value is -4.27. The van der Waals surface area contributed by atoms with Crippen LogP contribution < -0.4 is 10.9 Å². The summed E-state index contributed by atoms with van der Waals surface area (Å²) in [6, 6.07) is 18.1. The minimum atomic E-state index is -0.959. The van der Waals surface area contributed by atoms with Crippen LogP contribution in [0.25, 0.3) is 17.1 Å². The Balaban J connectivity index is 1.36. The lowest BCUT2D eigenvalue weighted by Crippen LogP contribution is -2.49. The number of hydrazine groups is 1. The highest BCUT2D eigenvalue weighted by Crippen LogP contribution is 2.36. The fourth-order valence-electron chi connectivity index (χ4n) is 4.51. The lowest BCUT2D eigenvalue weighted by molar-refractivity contribution is -0.147. The molecule has 0 spiro atoms. The van der Waals surface area contributed by atoms with E-state index in [0.717, 1.165) is 16.2 Å². The molecule has 9 heteroatoms. The summed E-state index contributed by atoms with van der Waals surface area (Å²) in [5.41, 5.74) is 7.09. The number of anilines is 1. The Morgan fingerprint density at radius 3 is 2.12 bits per heavy atom. The third-order valence-corrected chi connectivity index (χ3v) is 6.32. The van der Waals surface area contributed by atoms with E-state index in [1.807, 2.05) is 72.8 Å². The van der Waals surface area contributed by atoms with Crippen LogP contribution in [0.2, 0.25) is 0 Å². The van der Waals surface area contributed by atoms with E-state index in [2.05, 4.69) is 21.0 Å². The van der Waals surface area contributed by atoms with Crippen molar-refractivity contribution >= 4 is 23.7 Å². The second-order valence-corrected chi connectivity index (χ2v) is 8.38. The topological polar surface area (TPSA) is 109 Å². The highest BCUT2D eigenvalue weighted by molar-refractivity contribution is 6.08. The van der Waals surface area contributed by atoms with Crippen LogP contribution in [0.4, 0.5) is 5.95 Å². The van der Waals surface area contributed by atoms with Gasteiger partial charge in [-0.3, -0.25) is 34.7 Å². The first-order valence-electron chi connectivity index (χ1n) is 11.2. The van der Waals surface area contributed by atoms with E-state index < -0.39 is 11.9 Å². The molecule has 2 N–H and O–H groups in total. The zero-order valence-corrected chi connectivity index (χ0v) is 18.6. The summed E-state index contributed by atoms with van der Waals surface area (Å²) < 4.78 is 1.78. The smallest absolute Gasteiger partial charge is 0.261 e. The number of nitrogens with one attached hydrogen (secondary N) is 2. The number of aromatic nitrogens is 3. The molecule has 2 heterocycles. The van der Waals surface area contributed by atoms with Gasteiger partial charge in [0.05, 0.1) is 17.5 Å². The first kappa shape index (κ1) is 21.6. The molecule has 3 amide bonds. The SMILES string of the molecule is C[C@H](C(=O)NNc1nnc(-c2ccccc2)n1-c1ccccc1)N1C(=O)[C@H]2CC=CC[C@@H]2C1=O. The van der Waals surface area contributed by atoms with Crippen molar-refractivity contribution < 1.29 is 14.4 Å². The van der Waals surface area contributed by atoms with Gasteiger partial charge in [-0.1, -0.05) is 60.7 Å². The molecule has 1 fully saturated rings. The Bertz CT molecular complexity index is 1230. The Labute approximate surface area is 196 Å². The van der Waals surface area contributed by atoms with E-state index in [1.165, 1.54) is 0 Å². The number of fused-ring (bicyclic) bond motifs is 1. The minimum Gasteiger partial charge on any atom is -0.274 e. The number of amides is 3. The summed E-state index contributed by atoms with van der Waals surface area (Å²) in [5.74, 6) is -0.968. The molecule has 1 aromatic heterocycles. The summed E-state index contributed by atoms with van der Waals surface area (Å²) in [4.78, 5) is 39.7. The number of carbonyl (C=O) groups excluding carboxylic acids is 3. The number of nitrogens with zero attached hydrogens (tertiary/aromatic N) is 4. The van der Waals surface area contributed by atoms with Gasteiger partial charge in [-0.05, 0) is 31.9 Å². The fraction of sp³-hybridized carbons (Fsp3) is 0.240. The summed E-state index contributed by atoms with van der Waals surface area (Å²) in [6.45, 7) is 1.55. The van der Waals surface area contributed by atoms with Crippen LogP contribution in [0.3, 0.4) is 0 Å². The Kier molecular flexibility index (Phi) is 5.67. The molecular formula is C25H24N6O3. The molecule has 0 unspecified atom stereocenters. The molecule has 0 saturated carbocycles. The average molecular weight is 457 g/mol. The highest BCUT2D eigenvalue weighted by Gasteiger charge is 2.50. The average Bonchev–Trinajstić information content (AvgIpc) is 3.42. The van der Waals surface area contributed by atoms with E-state index in [-0.39, 0.29) is 23.7 Å². The van der Waals surface area contributed by atoms with Crippen LogP contribution in [0, 0.1) is 11.8 Å². The molecule has 9 nitrogen and oxygen atoms in total. The van der Waals surface area contributed by atoms with E-state index in [9.17, 15) is 14.4 Å². The van der Waals surface area contributed by atoms with Crippen LogP contribution in [0.15, 0.2) is 72.8 Å². The van der Waals surface area contributed by atoms with Crippen molar-refractivity contribution in [3.05, 3.63) is 72.8 Å². The molecule has 5 rings (SSSR count). The molecule has 0 radical (unpaired) electrons. The second kappa shape index (κ2) is 8.93. The molecule has 3 aromatic rings. The lowest BCUT2D eigenvalue weighted by atomic mass is 9.85. The summed E-state index contributed by atoms with van der Waals surface area (Å²) >= 11 is 0. The van der Waals surface area contributed by atoms with Crippen LogP contribution >= 0.6 is 0 Å². The molecule has 34 heavy (non-hydrogen) atoms. The van der Waals surface area contributed by atoms with Crippen LogP contribution in [0.5, 0.6) is 0 Å². The number of hydrogen-bond donors (Lipinski definition) is 2. The predicted molar refractivity (Wildman–Crippen MR) is 125 cm³/mol. The predicted octanol–water partition coefficient (Wildman–Crippen LogP) is 2.72. The fourth-order valence-corrected chi connectivity index (χ4v) is 4.51. The number of imide groups is 1. The molecule has 1 saturated heterocycles. The Morgan fingerprint density at radius 1 is 0.912 bits per heavy atom. The van der Waals surface area contributed by atoms with Gasteiger partial charge in [0.25, 0.3) is 5.91 Å². The van der Waals surface area contributed by atoms with Crippen molar-refractivity contribution in [2.45, 2.75) is 25.8 Å². The zero-order valence-electron chi connectivity index (χ0n) is 18.6. The molecule has 1 aliphatic heterocycles. The number of hydrogen-bond acceptors (Lipinski definition) is 6. The standard InChI is InChI=1S/C25H24N6O3/c1-16(30-23(33)19-14-8-9-15-20(19)24(30)34)22(32)27-29-25-28-26-21(17-10-4-2-5-11-17)31(25)18-12-6-3-7-13-18/h2-13,16,19-20H,14-15H2,1H3,(H,27,32)(H,28,29)/t16-,19+,20+/m1/s1. The molecule has 3 atom stereocenters. The second-order valence-electron chi connectivity index (χ2n) is 8.38. The molecule has 0 bridgehead atoms. The van der Waals surface area contributed by atoms with Crippen molar-refractivity contribution in [3.63, 3.8) is 0 Å². The summed E-state index contributed by atoms with van der Waals surface area (Å²) in [7, 11) is 0. The van der Waals surface area contributed by atoms with Gasteiger partial charge >= 0.3 is 0 Å². The zero-order chi connectivity index (χ0) is 23.7. The minimum absolute atomic E-state index is 0.291. The Morgan fingerprint density at radius 2 is 1.50 bits per heavy atom. The monoisotopic (exact) mass is 456 g/mol. The van der Waals surface area contributed by atoms with Crippen LogP contribution in [0.1, 0.15) is 19.8 Å².